The minimum Gasteiger partial charge on any atom is -0.368 e. The van der Waals surface area contributed by atoms with Crippen molar-refractivity contribution in [1.82, 2.24) is 34.6 Å². The molecule has 3 aromatic rings. The van der Waals surface area contributed by atoms with Crippen LogP contribution in [0.2, 0.25) is 0 Å². The van der Waals surface area contributed by atoms with Crippen LogP contribution in [0.15, 0.2) is 12.4 Å². The highest BCUT2D eigenvalue weighted by atomic mass is 16.2. The van der Waals surface area contributed by atoms with Gasteiger partial charge in [-0.2, -0.15) is 15.1 Å². The van der Waals surface area contributed by atoms with Crippen LogP contribution in [0.4, 0.5) is 11.8 Å². The fourth-order valence-electron chi connectivity index (χ4n) is 2.85. The molecule has 0 bridgehead atoms. The van der Waals surface area contributed by atoms with Gasteiger partial charge in [-0.25, -0.2) is 4.98 Å². The Morgan fingerprint density at radius 2 is 2.11 bits per heavy atom. The Morgan fingerprint density at radius 1 is 1.33 bits per heavy atom. The van der Waals surface area contributed by atoms with E-state index < -0.39 is 0 Å². The predicted molar refractivity (Wildman–Crippen MR) is 103 cm³/mol. The molecule has 0 spiro atoms. The number of carbonyl (C=O) groups is 1. The molecule has 3 heterocycles. The summed E-state index contributed by atoms with van der Waals surface area (Å²) in [4.78, 5) is 25.3. The minimum absolute atomic E-state index is 0.154. The number of nitrogens with zero attached hydrogens (tertiary/aromatic N) is 6. The van der Waals surface area contributed by atoms with Gasteiger partial charge in [0.15, 0.2) is 17.0 Å². The third-order valence-electron chi connectivity index (χ3n) is 3.98. The molecule has 0 saturated carbocycles. The number of fused-ring (bicyclic) bond motifs is 1. The molecule has 0 unspecified atom stereocenters. The Hall–Kier alpha value is -3.17. The molecule has 0 aliphatic heterocycles. The third-order valence-corrected chi connectivity index (χ3v) is 3.98. The number of hydrogen-bond donors (Lipinski definition) is 3. The number of hydrogen-bond acceptors (Lipinski definition) is 7. The van der Waals surface area contributed by atoms with Crippen LogP contribution in [-0.2, 0) is 13.1 Å². The first-order valence-electron chi connectivity index (χ1n) is 8.96. The quantitative estimate of drug-likeness (QED) is 0.569. The molecule has 0 aliphatic rings. The number of aromatic nitrogens is 6. The lowest BCUT2D eigenvalue weighted by Crippen LogP contribution is -2.29. The number of imidazole rings is 1. The molecule has 10 heteroatoms. The van der Waals surface area contributed by atoms with Crippen molar-refractivity contribution in [2.24, 2.45) is 0 Å². The topological polar surface area (TPSA) is 129 Å². The molecule has 0 aromatic carbocycles. The summed E-state index contributed by atoms with van der Waals surface area (Å²) in [5.41, 5.74) is 8.50. The number of aryl methyl sites for hydroxylation is 2. The fourth-order valence-corrected chi connectivity index (χ4v) is 2.85. The molecule has 3 rings (SSSR count). The average molecular weight is 371 g/mol. The Balaban J connectivity index is 1.72. The summed E-state index contributed by atoms with van der Waals surface area (Å²) in [6.07, 6.45) is 1.68. The van der Waals surface area contributed by atoms with Crippen molar-refractivity contribution in [3.63, 3.8) is 0 Å². The van der Waals surface area contributed by atoms with Gasteiger partial charge in [-0.15, -0.1) is 0 Å². The van der Waals surface area contributed by atoms with Gasteiger partial charge < -0.3 is 20.9 Å². The lowest BCUT2D eigenvalue weighted by atomic mass is 10.3. The van der Waals surface area contributed by atoms with Crippen molar-refractivity contribution in [2.75, 3.05) is 17.6 Å². The maximum absolute atomic E-state index is 12.4. The first kappa shape index (κ1) is 18.6. The molecule has 0 saturated heterocycles. The lowest BCUT2D eigenvalue weighted by molar-refractivity contribution is 0.0941. The fraction of sp³-hybridized carbons (Fsp3) is 0.471. The molecular weight excluding hydrogens is 346 g/mol. The maximum atomic E-state index is 12.4. The summed E-state index contributed by atoms with van der Waals surface area (Å²) in [6.45, 7) is 9.43. The Bertz CT molecular complexity index is 957. The first-order valence-corrected chi connectivity index (χ1v) is 8.96. The molecule has 1 amide bonds. The van der Waals surface area contributed by atoms with Gasteiger partial charge in [0.25, 0.3) is 5.91 Å². The molecule has 0 fully saturated rings. The number of carbonyl (C=O) groups excluding carboxylic acids is 1. The number of nitrogens with two attached hydrogens (primary N) is 1. The van der Waals surface area contributed by atoms with Gasteiger partial charge in [0, 0.05) is 25.7 Å². The second-order valence-corrected chi connectivity index (χ2v) is 6.58. The smallest absolute Gasteiger partial charge is 0.269 e. The SMILES string of the molecule is CCn1nc(C)cc1C(=O)NCCn1cnc2c(NC(C)C)nc(N)nc21. The second-order valence-electron chi connectivity index (χ2n) is 6.58. The van der Waals surface area contributed by atoms with E-state index >= 15 is 0 Å². The molecule has 3 aromatic heterocycles. The van der Waals surface area contributed by atoms with E-state index in [4.69, 9.17) is 5.73 Å². The standard InChI is InChI=1S/C17H25N9O/c1-5-26-12(8-11(4)24-26)16(27)19-6-7-25-9-20-13-14(21-10(2)3)22-17(18)23-15(13)25/h8-10H,5-7H2,1-4H3,(H,19,27)(H3,18,21,22,23). The zero-order valence-electron chi connectivity index (χ0n) is 16.0. The maximum Gasteiger partial charge on any atom is 0.269 e. The van der Waals surface area contributed by atoms with Crippen molar-refractivity contribution < 1.29 is 4.79 Å². The number of amides is 1. The molecule has 10 nitrogen and oxygen atoms in total. The van der Waals surface area contributed by atoms with E-state index in [2.05, 4.69) is 30.7 Å². The van der Waals surface area contributed by atoms with E-state index in [1.54, 1.807) is 17.1 Å². The zero-order chi connectivity index (χ0) is 19.6. The number of rotatable bonds is 7. The van der Waals surface area contributed by atoms with Crippen LogP contribution >= 0.6 is 0 Å². The van der Waals surface area contributed by atoms with E-state index in [1.165, 1.54) is 0 Å². The van der Waals surface area contributed by atoms with Crippen LogP contribution in [0.1, 0.15) is 37.0 Å². The normalized spacial score (nSPS) is 11.3. The van der Waals surface area contributed by atoms with Crippen molar-refractivity contribution >= 4 is 28.8 Å². The van der Waals surface area contributed by atoms with Crippen molar-refractivity contribution in [3.05, 3.63) is 23.8 Å². The summed E-state index contributed by atoms with van der Waals surface area (Å²) in [5.74, 6) is 0.634. The molecule has 27 heavy (non-hydrogen) atoms. The van der Waals surface area contributed by atoms with Gasteiger partial charge in [0.05, 0.1) is 12.0 Å². The van der Waals surface area contributed by atoms with E-state index in [0.717, 1.165) is 5.69 Å². The molecule has 0 radical (unpaired) electrons. The van der Waals surface area contributed by atoms with Crippen molar-refractivity contribution in [2.45, 2.75) is 46.8 Å². The van der Waals surface area contributed by atoms with Crippen LogP contribution in [0.25, 0.3) is 11.2 Å². The number of nitrogens with one attached hydrogen (secondary N) is 2. The van der Waals surface area contributed by atoms with Crippen molar-refractivity contribution in [1.29, 1.82) is 0 Å². The average Bonchev–Trinajstić information content (AvgIpc) is 3.17. The highest BCUT2D eigenvalue weighted by Gasteiger charge is 2.15. The molecule has 0 aliphatic carbocycles. The summed E-state index contributed by atoms with van der Waals surface area (Å²) in [7, 11) is 0. The Kier molecular flexibility index (Phi) is 5.24. The third kappa shape index (κ3) is 3.99. The monoisotopic (exact) mass is 371 g/mol. The van der Waals surface area contributed by atoms with Crippen LogP contribution < -0.4 is 16.4 Å². The van der Waals surface area contributed by atoms with E-state index in [0.29, 0.717) is 42.3 Å². The van der Waals surface area contributed by atoms with E-state index in [9.17, 15) is 4.79 Å². The second kappa shape index (κ2) is 7.60. The summed E-state index contributed by atoms with van der Waals surface area (Å²) < 4.78 is 3.54. The molecule has 0 atom stereocenters. The van der Waals surface area contributed by atoms with E-state index in [-0.39, 0.29) is 17.9 Å². The Morgan fingerprint density at radius 3 is 2.81 bits per heavy atom. The first-order chi connectivity index (χ1) is 12.9. The van der Waals surface area contributed by atoms with Gasteiger partial charge in [-0.3, -0.25) is 9.48 Å². The predicted octanol–water partition coefficient (Wildman–Crippen LogP) is 1.18. The summed E-state index contributed by atoms with van der Waals surface area (Å²) in [6, 6.07) is 1.97. The molecule has 144 valence electrons. The highest BCUT2D eigenvalue weighted by molar-refractivity contribution is 5.92. The van der Waals surface area contributed by atoms with Gasteiger partial charge in [0.1, 0.15) is 5.69 Å². The van der Waals surface area contributed by atoms with Gasteiger partial charge >= 0.3 is 0 Å². The minimum atomic E-state index is -0.154. The Labute approximate surface area is 157 Å². The van der Waals surface area contributed by atoms with Crippen LogP contribution in [0, 0.1) is 6.92 Å². The van der Waals surface area contributed by atoms with Crippen molar-refractivity contribution in [3.8, 4) is 0 Å². The largest absolute Gasteiger partial charge is 0.368 e. The number of nitrogen functional groups attached to an aromatic ring is 1. The van der Waals surface area contributed by atoms with Gasteiger partial charge in [0.2, 0.25) is 5.95 Å². The number of anilines is 2. The highest BCUT2D eigenvalue weighted by Crippen LogP contribution is 2.20. The van der Waals surface area contributed by atoms with Gasteiger partial charge in [-0.05, 0) is 33.8 Å². The zero-order valence-corrected chi connectivity index (χ0v) is 16.0. The van der Waals surface area contributed by atoms with Gasteiger partial charge in [-0.1, -0.05) is 0 Å². The molecule has 4 N–H and O–H groups in total. The summed E-state index contributed by atoms with van der Waals surface area (Å²) >= 11 is 0. The lowest BCUT2D eigenvalue weighted by Gasteiger charge is -2.10. The van der Waals surface area contributed by atoms with E-state index in [1.807, 2.05) is 32.3 Å². The van der Waals surface area contributed by atoms with Crippen LogP contribution in [0.5, 0.6) is 0 Å². The molecular formula is C17H25N9O. The van der Waals surface area contributed by atoms with Crippen LogP contribution in [-0.4, -0.2) is 47.8 Å². The summed E-state index contributed by atoms with van der Waals surface area (Å²) in [5, 5.41) is 10.4. The van der Waals surface area contributed by atoms with Crippen LogP contribution in [0.3, 0.4) is 0 Å².